The van der Waals surface area contributed by atoms with Crippen molar-refractivity contribution in [3.63, 3.8) is 0 Å². The maximum Gasteiger partial charge on any atom is 0.166 e. The predicted octanol–water partition coefficient (Wildman–Crippen LogP) is 1.59. The summed E-state index contributed by atoms with van der Waals surface area (Å²) in [5, 5.41) is -0.414. The molecule has 0 aliphatic carbocycles. The van der Waals surface area contributed by atoms with E-state index in [9.17, 15) is 8.42 Å². The number of nitrogen functional groups attached to an aromatic ring is 1. The molecular formula is C14H22N2O3S2. The van der Waals surface area contributed by atoms with Crippen LogP contribution in [-0.4, -0.2) is 49.6 Å². The van der Waals surface area contributed by atoms with Gasteiger partial charge >= 0.3 is 0 Å². The Morgan fingerprint density at radius 1 is 1.48 bits per heavy atom. The Bertz CT molecular complexity index is 590. The van der Waals surface area contributed by atoms with Gasteiger partial charge in [-0.2, -0.15) is 11.8 Å². The number of sulfone groups is 1. The Morgan fingerprint density at radius 3 is 2.86 bits per heavy atom. The van der Waals surface area contributed by atoms with Gasteiger partial charge in [0.1, 0.15) is 11.1 Å². The van der Waals surface area contributed by atoms with E-state index in [1.54, 1.807) is 31.9 Å². The Morgan fingerprint density at radius 2 is 2.24 bits per heavy atom. The average Bonchev–Trinajstić information content (AvgIpc) is 2.49. The molecule has 1 unspecified atom stereocenters. The van der Waals surface area contributed by atoms with Crippen LogP contribution in [0, 0.1) is 0 Å². The summed E-state index contributed by atoms with van der Waals surface area (Å²) in [7, 11) is -1.48. The first-order valence-electron chi connectivity index (χ1n) is 6.93. The molecule has 0 amide bonds. The highest BCUT2D eigenvalue weighted by atomic mass is 32.2. The van der Waals surface area contributed by atoms with E-state index in [0.717, 1.165) is 17.9 Å². The van der Waals surface area contributed by atoms with Crippen molar-refractivity contribution in [3.8, 4) is 5.75 Å². The van der Waals surface area contributed by atoms with E-state index < -0.39 is 15.2 Å². The molecule has 1 aliphatic heterocycles. The van der Waals surface area contributed by atoms with Gasteiger partial charge in [-0.25, -0.2) is 8.42 Å². The zero-order valence-electron chi connectivity index (χ0n) is 12.4. The minimum atomic E-state index is -3.08. The molecule has 7 heteroatoms. The van der Waals surface area contributed by atoms with Gasteiger partial charge < -0.3 is 10.5 Å². The second kappa shape index (κ2) is 6.89. The molecule has 1 saturated heterocycles. The van der Waals surface area contributed by atoms with Crippen LogP contribution in [0.5, 0.6) is 5.75 Å². The number of nitrogens with two attached hydrogens (primary N) is 1. The first-order chi connectivity index (χ1) is 9.97. The van der Waals surface area contributed by atoms with Crippen molar-refractivity contribution >= 4 is 27.3 Å². The molecule has 1 fully saturated rings. The Kier molecular flexibility index (Phi) is 5.40. The van der Waals surface area contributed by atoms with Crippen molar-refractivity contribution in [1.82, 2.24) is 4.90 Å². The van der Waals surface area contributed by atoms with Crippen LogP contribution in [0.1, 0.15) is 12.5 Å². The predicted molar refractivity (Wildman–Crippen MR) is 88.4 cm³/mol. The highest BCUT2D eigenvalue weighted by Crippen LogP contribution is 2.26. The number of thioether (sulfide) groups is 1. The van der Waals surface area contributed by atoms with Crippen molar-refractivity contribution in [2.75, 3.05) is 36.6 Å². The van der Waals surface area contributed by atoms with Crippen LogP contribution in [0.15, 0.2) is 18.2 Å². The molecule has 5 nitrogen and oxygen atoms in total. The van der Waals surface area contributed by atoms with E-state index in [4.69, 9.17) is 10.5 Å². The van der Waals surface area contributed by atoms with Gasteiger partial charge in [0.05, 0.1) is 7.11 Å². The molecule has 1 aromatic rings. The van der Waals surface area contributed by atoms with Gasteiger partial charge in [-0.15, -0.1) is 0 Å². The summed E-state index contributed by atoms with van der Waals surface area (Å²) in [4.78, 5) is 2.02. The van der Waals surface area contributed by atoms with Crippen LogP contribution in [-0.2, 0) is 16.4 Å². The quantitative estimate of drug-likeness (QED) is 0.827. The maximum atomic E-state index is 12.2. The molecule has 0 bridgehead atoms. The molecule has 1 aliphatic rings. The highest BCUT2D eigenvalue weighted by molar-refractivity contribution is 8.01. The van der Waals surface area contributed by atoms with Gasteiger partial charge in [0, 0.05) is 42.1 Å². The number of methoxy groups -OCH3 is 1. The first kappa shape index (κ1) is 16.5. The van der Waals surface area contributed by atoms with Gasteiger partial charge in [0.25, 0.3) is 0 Å². The zero-order valence-corrected chi connectivity index (χ0v) is 14.0. The second-order valence-electron chi connectivity index (χ2n) is 5.02. The number of nitrogens with zero attached hydrogens (tertiary/aromatic N) is 1. The van der Waals surface area contributed by atoms with Crippen LogP contribution in [0.2, 0.25) is 0 Å². The molecule has 118 valence electrons. The van der Waals surface area contributed by atoms with Gasteiger partial charge in [-0.1, -0.05) is 13.0 Å². The number of benzene rings is 1. The summed E-state index contributed by atoms with van der Waals surface area (Å²) in [6, 6.07) is 5.54. The van der Waals surface area contributed by atoms with Crippen molar-refractivity contribution < 1.29 is 13.2 Å². The van der Waals surface area contributed by atoms with Crippen molar-refractivity contribution in [1.29, 1.82) is 0 Å². The van der Waals surface area contributed by atoms with Crippen LogP contribution in [0.3, 0.4) is 0 Å². The lowest BCUT2D eigenvalue weighted by Gasteiger charge is -2.34. The summed E-state index contributed by atoms with van der Waals surface area (Å²) in [5.41, 5.74) is 7.62. The van der Waals surface area contributed by atoms with E-state index in [0.29, 0.717) is 23.7 Å². The lowest BCUT2D eigenvalue weighted by atomic mass is 10.1. The Hall–Kier alpha value is -0.920. The molecule has 1 aromatic carbocycles. The molecule has 2 N–H and O–H groups in total. The lowest BCUT2D eigenvalue weighted by Crippen LogP contribution is -2.47. The fraction of sp³-hybridized carbons (Fsp3) is 0.571. The molecule has 2 rings (SSSR count). The lowest BCUT2D eigenvalue weighted by molar-refractivity contribution is 0.262. The Balaban J connectivity index is 2.20. The van der Waals surface area contributed by atoms with Gasteiger partial charge in [-0.05, 0) is 11.6 Å². The van der Waals surface area contributed by atoms with E-state index in [2.05, 4.69) is 0 Å². The van der Waals surface area contributed by atoms with Crippen molar-refractivity contribution in [2.24, 2.45) is 0 Å². The van der Waals surface area contributed by atoms with Crippen molar-refractivity contribution in [3.05, 3.63) is 23.8 Å². The number of rotatable bonds is 5. The largest absolute Gasteiger partial charge is 0.497 e. The van der Waals surface area contributed by atoms with Gasteiger partial charge in [0.15, 0.2) is 9.84 Å². The van der Waals surface area contributed by atoms with E-state index in [1.807, 2.05) is 17.0 Å². The molecule has 0 aromatic heterocycles. The SMILES string of the molecule is CCS(=O)(=O)C1CSCCN1Cc1ccc(OC)cc1N. The van der Waals surface area contributed by atoms with E-state index >= 15 is 0 Å². The third-order valence-electron chi connectivity index (χ3n) is 3.73. The molecule has 1 heterocycles. The van der Waals surface area contributed by atoms with Crippen LogP contribution >= 0.6 is 11.8 Å². The minimum absolute atomic E-state index is 0.173. The van der Waals surface area contributed by atoms with Gasteiger partial charge in [0.2, 0.25) is 0 Å². The molecule has 0 saturated carbocycles. The highest BCUT2D eigenvalue weighted by Gasteiger charge is 2.32. The third kappa shape index (κ3) is 3.84. The number of hydrogen-bond donors (Lipinski definition) is 1. The zero-order chi connectivity index (χ0) is 15.5. The number of anilines is 1. The summed E-state index contributed by atoms with van der Waals surface area (Å²) in [5.74, 6) is 2.47. The van der Waals surface area contributed by atoms with E-state index in [1.165, 1.54) is 0 Å². The smallest absolute Gasteiger partial charge is 0.166 e. The van der Waals surface area contributed by atoms with Gasteiger partial charge in [-0.3, -0.25) is 4.90 Å². The monoisotopic (exact) mass is 330 g/mol. The van der Waals surface area contributed by atoms with E-state index in [-0.39, 0.29) is 5.75 Å². The van der Waals surface area contributed by atoms with Crippen LogP contribution in [0.4, 0.5) is 5.69 Å². The molecule has 21 heavy (non-hydrogen) atoms. The fourth-order valence-electron chi connectivity index (χ4n) is 2.38. The number of hydrogen-bond acceptors (Lipinski definition) is 6. The third-order valence-corrected chi connectivity index (χ3v) is 7.07. The standard InChI is InChI=1S/C14H22N2O3S2/c1-3-21(17,18)14-10-20-7-6-16(14)9-11-4-5-12(19-2)8-13(11)15/h4-5,8,14H,3,6-7,9-10,15H2,1-2H3. The Labute approximate surface area is 130 Å². The summed E-state index contributed by atoms with van der Waals surface area (Å²) < 4.78 is 29.6. The first-order valence-corrected chi connectivity index (χ1v) is 9.80. The average molecular weight is 330 g/mol. The minimum Gasteiger partial charge on any atom is -0.497 e. The summed E-state index contributed by atoms with van der Waals surface area (Å²) in [6.07, 6.45) is 0. The van der Waals surface area contributed by atoms with Crippen LogP contribution < -0.4 is 10.5 Å². The molecule has 0 spiro atoms. The van der Waals surface area contributed by atoms with Crippen LogP contribution in [0.25, 0.3) is 0 Å². The topological polar surface area (TPSA) is 72.6 Å². The molecule has 0 radical (unpaired) electrons. The molecular weight excluding hydrogens is 308 g/mol. The summed E-state index contributed by atoms with van der Waals surface area (Å²) in [6.45, 7) is 3.02. The molecule has 1 atom stereocenters. The number of ether oxygens (including phenoxy) is 1. The second-order valence-corrected chi connectivity index (χ2v) is 8.61. The normalized spacial score (nSPS) is 20.4. The van der Waals surface area contributed by atoms with Crippen molar-refractivity contribution in [2.45, 2.75) is 18.8 Å². The fourth-order valence-corrected chi connectivity index (χ4v) is 5.46. The summed E-state index contributed by atoms with van der Waals surface area (Å²) >= 11 is 1.70. The maximum absolute atomic E-state index is 12.2.